The number of ether oxygens (including phenoxy) is 1. The van der Waals surface area contributed by atoms with E-state index in [2.05, 4.69) is 4.74 Å². The predicted molar refractivity (Wildman–Crippen MR) is 63.1 cm³/mol. The first-order valence-electron chi connectivity index (χ1n) is 5.08. The lowest BCUT2D eigenvalue weighted by atomic mass is 10.3. The molecule has 0 saturated heterocycles. The highest BCUT2D eigenvalue weighted by Gasteiger charge is 2.28. The molecule has 0 aliphatic carbocycles. The van der Waals surface area contributed by atoms with Crippen molar-refractivity contribution in [3.63, 3.8) is 0 Å². The molecule has 0 N–H and O–H groups in total. The number of esters is 1. The van der Waals surface area contributed by atoms with Gasteiger partial charge in [-0.15, -0.1) is 0 Å². The van der Waals surface area contributed by atoms with E-state index in [0.29, 0.717) is 6.54 Å². The van der Waals surface area contributed by atoms with Gasteiger partial charge in [0, 0.05) is 6.54 Å². The third-order valence-corrected chi connectivity index (χ3v) is 4.89. The van der Waals surface area contributed by atoms with Gasteiger partial charge in [-0.25, -0.2) is 8.42 Å². The van der Waals surface area contributed by atoms with Crippen molar-refractivity contribution in [1.29, 1.82) is 0 Å². The molecule has 0 heterocycles. The van der Waals surface area contributed by atoms with Crippen molar-refractivity contribution in [2.75, 3.05) is 33.0 Å². The van der Waals surface area contributed by atoms with E-state index in [0.717, 1.165) is 0 Å². The second-order valence-corrected chi connectivity index (χ2v) is 7.61. The van der Waals surface area contributed by atoms with Gasteiger partial charge in [-0.05, 0) is 27.8 Å². The molecule has 0 aliphatic heterocycles. The number of hydrogen-bond donors (Lipinski definition) is 0. The molecule has 0 radical (unpaired) electrons. The highest BCUT2D eigenvalue weighted by molar-refractivity contribution is 7.92. The summed E-state index contributed by atoms with van der Waals surface area (Å²) in [5.74, 6) is -0.320. The number of sulfone groups is 1. The lowest BCUT2D eigenvalue weighted by molar-refractivity contribution is -0.141. The van der Waals surface area contributed by atoms with E-state index in [1.54, 1.807) is 32.7 Å². The van der Waals surface area contributed by atoms with Crippen LogP contribution in [0.3, 0.4) is 0 Å². The number of carbonyl (C=O) groups excluding carboxylic acids is 1. The van der Waals surface area contributed by atoms with Crippen LogP contribution >= 0.6 is 0 Å². The van der Waals surface area contributed by atoms with Crippen LogP contribution in [-0.4, -0.2) is 57.0 Å². The highest BCUT2D eigenvalue weighted by atomic mass is 32.2. The molecule has 6 heteroatoms. The molecule has 0 bridgehead atoms. The van der Waals surface area contributed by atoms with Crippen LogP contribution in [0.4, 0.5) is 0 Å². The molecule has 0 fully saturated rings. The zero-order valence-corrected chi connectivity index (χ0v) is 11.4. The minimum atomic E-state index is -3.13. The Morgan fingerprint density at radius 2 is 1.81 bits per heavy atom. The Bertz CT molecular complexity index is 329. The van der Waals surface area contributed by atoms with Gasteiger partial charge in [0.25, 0.3) is 0 Å². The molecule has 0 saturated carbocycles. The van der Waals surface area contributed by atoms with Crippen LogP contribution in [0.25, 0.3) is 0 Å². The summed E-state index contributed by atoms with van der Waals surface area (Å²) < 4.78 is 27.3. The van der Waals surface area contributed by atoms with E-state index >= 15 is 0 Å². The summed E-state index contributed by atoms with van der Waals surface area (Å²) >= 11 is 0. The van der Waals surface area contributed by atoms with Crippen molar-refractivity contribution in [2.45, 2.75) is 25.5 Å². The monoisotopic (exact) mass is 251 g/mol. The molecule has 0 aromatic carbocycles. The van der Waals surface area contributed by atoms with Gasteiger partial charge in [0.15, 0.2) is 9.84 Å². The molecule has 0 rings (SSSR count). The third kappa shape index (κ3) is 4.94. The maximum absolute atomic E-state index is 11.8. The SMILES string of the molecule is COC(=O)CN(C)CCS(=O)(=O)C(C)(C)C. The summed E-state index contributed by atoms with van der Waals surface area (Å²) in [6.45, 7) is 5.44. The first-order valence-corrected chi connectivity index (χ1v) is 6.73. The Morgan fingerprint density at radius 1 is 1.31 bits per heavy atom. The average molecular weight is 251 g/mol. The number of nitrogens with zero attached hydrogens (tertiary/aromatic N) is 1. The van der Waals surface area contributed by atoms with Crippen molar-refractivity contribution in [3.05, 3.63) is 0 Å². The quantitative estimate of drug-likeness (QED) is 0.658. The number of likely N-dealkylation sites (N-methyl/N-ethyl adjacent to an activating group) is 1. The highest BCUT2D eigenvalue weighted by Crippen LogP contribution is 2.15. The summed E-state index contributed by atoms with van der Waals surface area (Å²) in [6, 6.07) is 0. The van der Waals surface area contributed by atoms with Crippen LogP contribution in [-0.2, 0) is 19.4 Å². The van der Waals surface area contributed by atoms with Crippen LogP contribution in [0.15, 0.2) is 0 Å². The second kappa shape index (κ2) is 5.63. The van der Waals surface area contributed by atoms with E-state index in [9.17, 15) is 13.2 Å². The lowest BCUT2D eigenvalue weighted by Crippen LogP contribution is -2.37. The zero-order valence-electron chi connectivity index (χ0n) is 10.6. The molecule has 0 aromatic heterocycles. The van der Waals surface area contributed by atoms with Gasteiger partial charge >= 0.3 is 5.97 Å². The van der Waals surface area contributed by atoms with E-state index in [1.807, 2.05) is 0 Å². The number of rotatable bonds is 5. The zero-order chi connectivity index (χ0) is 13.0. The van der Waals surface area contributed by atoms with Gasteiger partial charge in [0.05, 0.1) is 24.2 Å². The summed E-state index contributed by atoms with van der Waals surface area (Å²) in [4.78, 5) is 12.6. The van der Waals surface area contributed by atoms with Crippen molar-refractivity contribution < 1.29 is 17.9 Å². The fraction of sp³-hybridized carbons (Fsp3) is 0.900. The van der Waals surface area contributed by atoms with E-state index in [4.69, 9.17) is 0 Å². The topological polar surface area (TPSA) is 63.7 Å². The minimum absolute atomic E-state index is 0.0456. The summed E-state index contributed by atoms with van der Waals surface area (Å²) in [5.41, 5.74) is 0. The standard InChI is InChI=1S/C10H21NO4S/c1-10(2,3)16(13,14)7-6-11(4)8-9(12)15-5/h6-8H2,1-5H3. The Hall–Kier alpha value is -0.620. The molecule has 96 valence electrons. The Labute approximate surface area is 97.7 Å². The second-order valence-electron chi connectivity index (χ2n) is 4.75. The lowest BCUT2D eigenvalue weighted by Gasteiger charge is -2.21. The van der Waals surface area contributed by atoms with Crippen molar-refractivity contribution >= 4 is 15.8 Å². The molecule has 0 atom stereocenters. The molecule has 0 unspecified atom stereocenters. The van der Waals surface area contributed by atoms with Crippen LogP contribution < -0.4 is 0 Å². The normalized spacial score (nSPS) is 12.9. The average Bonchev–Trinajstić information content (AvgIpc) is 2.13. The van der Waals surface area contributed by atoms with E-state index < -0.39 is 14.6 Å². The molecule has 0 amide bonds. The first-order chi connectivity index (χ1) is 7.10. The number of methoxy groups -OCH3 is 1. The number of hydrogen-bond acceptors (Lipinski definition) is 5. The molecule has 0 aliphatic rings. The van der Waals surface area contributed by atoms with Gasteiger partial charge in [-0.2, -0.15) is 0 Å². The van der Waals surface area contributed by atoms with E-state index in [1.165, 1.54) is 7.11 Å². The fourth-order valence-corrected chi connectivity index (χ4v) is 2.11. The Balaban J connectivity index is 4.22. The minimum Gasteiger partial charge on any atom is -0.468 e. The van der Waals surface area contributed by atoms with Crippen LogP contribution in [0.1, 0.15) is 20.8 Å². The van der Waals surface area contributed by atoms with Gasteiger partial charge < -0.3 is 4.74 Å². The smallest absolute Gasteiger partial charge is 0.319 e. The third-order valence-electron chi connectivity index (χ3n) is 2.30. The van der Waals surface area contributed by atoms with E-state index in [-0.39, 0.29) is 18.3 Å². The molecule has 0 spiro atoms. The maximum atomic E-state index is 11.8. The molecule has 16 heavy (non-hydrogen) atoms. The first kappa shape index (κ1) is 15.4. The summed E-state index contributed by atoms with van der Waals surface area (Å²) in [5, 5.41) is 0. The fourth-order valence-electron chi connectivity index (χ4n) is 0.946. The summed E-state index contributed by atoms with van der Waals surface area (Å²) in [6.07, 6.45) is 0. The van der Waals surface area contributed by atoms with Crippen molar-refractivity contribution in [2.24, 2.45) is 0 Å². The number of carbonyl (C=O) groups is 1. The van der Waals surface area contributed by atoms with Crippen LogP contribution in [0, 0.1) is 0 Å². The Kier molecular flexibility index (Phi) is 5.41. The predicted octanol–water partition coefficient (Wildman–Crippen LogP) is 0.305. The summed E-state index contributed by atoms with van der Waals surface area (Å²) in [7, 11) is -0.132. The largest absolute Gasteiger partial charge is 0.468 e. The van der Waals surface area contributed by atoms with Gasteiger partial charge in [0.1, 0.15) is 0 Å². The van der Waals surface area contributed by atoms with Gasteiger partial charge in [-0.3, -0.25) is 9.69 Å². The molecular weight excluding hydrogens is 230 g/mol. The van der Waals surface area contributed by atoms with Gasteiger partial charge in [0.2, 0.25) is 0 Å². The van der Waals surface area contributed by atoms with Crippen molar-refractivity contribution in [3.8, 4) is 0 Å². The van der Waals surface area contributed by atoms with Gasteiger partial charge in [-0.1, -0.05) is 0 Å². The van der Waals surface area contributed by atoms with Crippen LogP contribution in [0.2, 0.25) is 0 Å². The van der Waals surface area contributed by atoms with Crippen LogP contribution in [0.5, 0.6) is 0 Å². The Morgan fingerprint density at radius 3 is 2.19 bits per heavy atom. The molecule has 5 nitrogen and oxygen atoms in total. The maximum Gasteiger partial charge on any atom is 0.319 e. The molecular formula is C10H21NO4S. The molecule has 0 aromatic rings. The van der Waals surface area contributed by atoms with Crippen molar-refractivity contribution in [1.82, 2.24) is 4.90 Å².